The maximum absolute atomic E-state index is 13.1. The van der Waals surface area contributed by atoms with E-state index in [4.69, 9.17) is 9.15 Å². The summed E-state index contributed by atoms with van der Waals surface area (Å²) < 4.78 is 49.5. The Morgan fingerprint density at radius 3 is 2.56 bits per heavy atom. The highest BCUT2D eigenvalue weighted by Crippen LogP contribution is 2.34. The molecule has 2 aromatic rings. The zero-order chi connectivity index (χ0) is 18.4. The highest BCUT2D eigenvalue weighted by molar-refractivity contribution is 5.90. The Kier molecular flexibility index (Phi) is 6.08. The number of anilines is 1. The van der Waals surface area contributed by atoms with Crippen molar-refractivity contribution in [1.82, 2.24) is 4.90 Å². The molecule has 1 N–H and O–H groups in total. The minimum Gasteiger partial charge on any atom is -0.464 e. The first kappa shape index (κ1) is 18.9. The van der Waals surface area contributed by atoms with Crippen LogP contribution in [0.5, 0.6) is 0 Å². The number of urea groups is 1. The minimum atomic E-state index is -4.56. The number of alkyl halides is 3. The summed E-state index contributed by atoms with van der Waals surface area (Å²) in [5, 5.41) is 2.32. The topological polar surface area (TPSA) is 54.7 Å². The van der Waals surface area contributed by atoms with Gasteiger partial charge in [-0.1, -0.05) is 12.1 Å². The number of furan rings is 1. The molecule has 25 heavy (non-hydrogen) atoms. The quantitative estimate of drug-likeness (QED) is 0.840. The SMILES string of the molecule is COCCN(Cc1ccc(C)o1)C(=O)Nc1ccccc1C(F)(F)F. The van der Waals surface area contributed by atoms with E-state index in [0.717, 1.165) is 6.07 Å². The van der Waals surface area contributed by atoms with Crippen LogP contribution in [-0.4, -0.2) is 31.2 Å². The zero-order valence-corrected chi connectivity index (χ0v) is 13.9. The molecular formula is C17H19F3N2O3. The zero-order valence-electron chi connectivity index (χ0n) is 13.9. The highest BCUT2D eigenvalue weighted by Gasteiger charge is 2.34. The van der Waals surface area contributed by atoms with Crippen LogP contribution in [0.4, 0.5) is 23.7 Å². The van der Waals surface area contributed by atoms with E-state index in [0.29, 0.717) is 11.5 Å². The molecule has 0 radical (unpaired) electrons. The molecule has 0 atom stereocenters. The van der Waals surface area contributed by atoms with E-state index in [9.17, 15) is 18.0 Å². The van der Waals surface area contributed by atoms with Crippen molar-refractivity contribution in [3.63, 3.8) is 0 Å². The highest BCUT2D eigenvalue weighted by atomic mass is 19.4. The van der Waals surface area contributed by atoms with E-state index < -0.39 is 17.8 Å². The van der Waals surface area contributed by atoms with Gasteiger partial charge < -0.3 is 19.4 Å². The number of amides is 2. The molecule has 2 amide bonds. The minimum absolute atomic E-state index is 0.122. The number of methoxy groups -OCH3 is 1. The lowest BCUT2D eigenvalue weighted by molar-refractivity contribution is -0.136. The molecule has 8 heteroatoms. The second kappa shape index (κ2) is 8.06. The fraction of sp³-hybridized carbons (Fsp3) is 0.353. The first-order valence-electron chi connectivity index (χ1n) is 7.57. The molecule has 0 spiro atoms. The van der Waals surface area contributed by atoms with E-state index in [1.807, 2.05) is 0 Å². The van der Waals surface area contributed by atoms with Crippen molar-refractivity contribution < 1.29 is 27.1 Å². The Morgan fingerprint density at radius 2 is 1.96 bits per heavy atom. The van der Waals surface area contributed by atoms with Gasteiger partial charge in [-0.05, 0) is 31.2 Å². The number of rotatable bonds is 6. The number of ether oxygens (including phenoxy) is 1. The number of hydrogen-bond acceptors (Lipinski definition) is 3. The maximum Gasteiger partial charge on any atom is 0.418 e. The van der Waals surface area contributed by atoms with Crippen LogP contribution in [-0.2, 0) is 17.5 Å². The maximum atomic E-state index is 13.1. The third kappa shape index (κ3) is 5.25. The number of hydrogen-bond donors (Lipinski definition) is 1. The molecule has 0 saturated carbocycles. The molecule has 5 nitrogen and oxygen atoms in total. The number of para-hydroxylation sites is 1. The number of aryl methyl sites for hydroxylation is 1. The van der Waals surface area contributed by atoms with E-state index in [1.165, 1.54) is 30.2 Å². The van der Waals surface area contributed by atoms with Gasteiger partial charge in [-0.3, -0.25) is 0 Å². The van der Waals surface area contributed by atoms with E-state index in [2.05, 4.69) is 5.32 Å². The molecule has 1 aromatic heterocycles. The van der Waals surface area contributed by atoms with Crippen LogP contribution >= 0.6 is 0 Å². The molecule has 0 aliphatic heterocycles. The fourth-order valence-electron chi connectivity index (χ4n) is 2.25. The molecule has 0 bridgehead atoms. The summed E-state index contributed by atoms with van der Waals surface area (Å²) in [7, 11) is 1.48. The third-order valence-corrected chi connectivity index (χ3v) is 3.47. The Hall–Kier alpha value is -2.48. The van der Waals surface area contributed by atoms with Crippen molar-refractivity contribution in [2.45, 2.75) is 19.6 Å². The average Bonchev–Trinajstić information content (AvgIpc) is 2.96. The molecule has 0 saturated heterocycles. The van der Waals surface area contributed by atoms with Gasteiger partial charge >= 0.3 is 12.2 Å². The lowest BCUT2D eigenvalue weighted by atomic mass is 10.1. The Labute approximate surface area is 143 Å². The molecule has 0 aliphatic rings. The predicted octanol–water partition coefficient (Wildman–Crippen LogP) is 4.29. The van der Waals surface area contributed by atoms with Gasteiger partial charge in [0.1, 0.15) is 11.5 Å². The third-order valence-electron chi connectivity index (χ3n) is 3.47. The van der Waals surface area contributed by atoms with Crippen LogP contribution in [0.15, 0.2) is 40.8 Å². The molecule has 136 valence electrons. The van der Waals surface area contributed by atoms with E-state index in [-0.39, 0.29) is 25.4 Å². The summed E-state index contributed by atoms with van der Waals surface area (Å²) in [6.07, 6.45) is -4.56. The van der Waals surface area contributed by atoms with Crippen LogP contribution in [0, 0.1) is 6.92 Å². The van der Waals surface area contributed by atoms with Crippen molar-refractivity contribution in [3.05, 3.63) is 53.5 Å². The monoisotopic (exact) mass is 356 g/mol. The van der Waals surface area contributed by atoms with Crippen molar-refractivity contribution in [1.29, 1.82) is 0 Å². The van der Waals surface area contributed by atoms with E-state index in [1.54, 1.807) is 19.1 Å². The summed E-state index contributed by atoms with van der Waals surface area (Å²) in [5.41, 5.74) is -1.19. The first-order chi connectivity index (χ1) is 11.8. The first-order valence-corrected chi connectivity index (χ1v) is 7.57. The van der Waals surface area contributed by atoms with Gasteiger partial charge in [0.15, 0.2) is 0 Å². The standard InChI is InChI=1S/C17H19F3N2O3/c1-12-7-8-13(25-12)11-22(9-10-24-2)16(23)21-15-6-4-3-5-14(15)17(18,19)20/h3-8H,9-11H2,1-2H3,(H,21,23). The number of carbonyl (C=O) groups is 1. The number of nitrogens with zero attached hydrogens (tertiary/aromatic N) is 1. The Balaban J connectivity index is 2.17. The Bertz CT molecular complexity index is 713. The van der Waals surface area contributed by atoms with Crippen LogP contribution < -0.4 is 5.32 Å². The van der Waals surface area contributed by atoms with Crippen molar-refractivity contribution in [3.8, 4) is 0 Å². The normalized spacial score (nSPS) is 11.4. The number of halogens is 3. The fourth-order valence-corrected chi connectivity index (χ4v) is 2.25. The number of carbonyl (C=O) groups excluding carboxylic acids is 1. The van der Waals surface area contributed by atoms with Crippen molar-refractivity contribution in [2.75, 3.05) is 25.6 Å². The van der Waals surface area contributed by atoms with Crippen LogP contribution in [0.25, 0.3) is 0 Å². The lowest BCUT2D eigenvalue weighted by Crippen LogP contribution is -2.37. The molecule has 1 aromatic carbocycles. The van der Waals surface area contributed by atoms with Crippen LogP contribution in [0.3, 0.4) is 0 Å². The molecule has 0 fully saturated rings. The van der Waals surface area contributed by atoms with Crippen LogP contribution in [0.1, 0.15) is 17.1 Å². The van der Waals surface area contributed by atoms with Crippen molar-refractivity contribution in [2.24, 2.45) is 0 Å². The lowest BCUT2D eigenvalue weighted by Gasteiger charge is -2.23. The Morgan fingerprint density at radius 1 is 1.24 bits per heavy atom. The summed E-state index contributed by atoms with van der Waals surface area (Å²) in [6, 6.07) is 7.64. The smallest absolute Gasteiger partial charge is 0.418 e. The van der Waals surface area contributed by atoms with Crippen molar-refractivity contribution >= 4 is 11.7 Å². The van der Waals surface area contributed by atoms with E-state index >= 15 is 0 Å². The van der Waals surface area contributed by atoms with Crippen LogP contribution in [0.2, 0.25) is 0 Å². The predicted molar refractivity (Wildman–Crippen MR) is 86.2 cm³/mol. The summed E-state index contributed by atoms with van der Waals surface area (Å²) >= 11 is 0. The second-order valence-electron chi connectivity index (χ2n) is 5.40. The van der Waals surface area contributed by atoms with Gasteiger partial charge in [-0.2, -0.15) is 13.2 Å². The second-order valence-corrected chi connectivity index (χ2v) is 5.40. The molecule has 1 heterocycles. The molecule has 2 rings (SSSR count). The van der Waals surface area contributed by atoms with Gasteiger partial charge in [-0.15, -0.1) is 0 Å². The van der Waals surface area contributed by atoms with Gasteiger partial charge in [0.2, 0.25) is 0 Å². The summed E-state index contributed by atoms with van der Waals surface area (Å²) in [5.74, 6) is 1.22. The molecule has 0 unspecified atom stereocenters. The van der Waals surface area contributed by atoms with Gasteiger partial charge in [0.25, 0.3) is 0 Å². The number of benzene rings is 1. The number of nitrogens with one attached hydrogen (secondary N) is 1. The average molecular weight is 356 g/mol. The van der Waals surface area contributed by atoms with Gasteiger partial charge in [0, 0.05) is 13.7 Å². The molecule has 0 aliphatic carbocycles. The summed E-state index contributed by atoms with van der Waals surface area (Å²) in [6.45, 7) is 2.34. The van der Waals surface area contributed by atoms with Gasteiger partial charge in [-0.25, -0.2) is 4.79 Å². The summed E-state index contributed by atoms with van der Waals surface area (Å²) in [4.78, 5) is 13.8. The largest absolute Gasteiger partial charge is 0.464 e. The van der Waals surface area contributed by atoms with Gasteiger partial charge in [0.05, 0.1) is 24.4 Å². The molecular weight excluding hydrogens is 337 g/mol.